The van der Waals surface area contributed by atoms with E-state index in [2.05, 4.69) is 22.3 Å². The summed E-state index contributed by atoms with van der Waals surface area (Å²) in [5, 5.41) is 7.74. The Kier molecular flexibility index (Phi) is 4.34. The standard InChI is InChI=1S/C17H20N4O/c1-13-8-19-21(10-13)11-14(2)18-9-16-12-22-17(20-16)15-6-4-3-5-7-15/h3-8,10,12,14,18H,9,11H2,1-2H3/t14-/m0/s1. The SMILES string of the molecule is Cc1cnn(C[C@H](C)NCc2coc(-c3ccccc3)n2)c1. The summed E-state index contributed by atoms with van der Waals surface area (Å²) in [5.74, 6) is 0.660. The maximum Gasteiger partial charge on any atom is 0.226 e. The Morgan fingerprint density at radius 1 is 1.27 bits per heavy atom. The molecule has 0 unspecified atom stereocenters. The van der Waals surface area contributed by atoms with Crippen molar-refractivity contribution in [3.63, 3.8) is 0 Å². The molecule has 1 atom stereocenters. The molecule has 0 aliphatic rings. The van der Waals surface area contributed by atoms with Crippen LogP contribution in [0.2, 0.25) is 0 Å². The first kappa shape index (κ1) is 14.5. The van der Waals surface area contributed by atoms with Gasteiger partial charge in [0.05, 0.1) is 18.4 Å². The molecule has 3 rings (SSSR count). The molecular weight excluding hydrogens is 276 g/mol. The quantitative estimate of drug-likeness (QED) is 0.759. The molecule has 0 aliphatic heterocycles. The zero-order valence-electron chi connectivity index (χ0n) is 12.9. The van der Waals surface area contributed by atoms with Crippen LogP contribution in [0.5, 0.6) is 0 Å². The van der Waals surface area contributed by atoms with E-state index in [1.54, 1.807) is 6.26 Å². The minimum Gasteiger partial charge on any atom is -0.444 e. The molecule has 0 fully saturated rings. The van der Waals surface area contributed by atoms with Gasteiger partial charge >= 0.3 is 0 Å². The van der Waals surface area contributed by atoms with Crippen molar-refractivity contribution >= 4 is 0 Å². The largest absolute Gasteiger partial charge is 0.444 e. The molecule has 0 spiro atoms. The van der Waals surface area contributed by atoms with E-state index in [1.807, 2.05) is 54.3 Å². The van der Waals surface area contributed by atoms with Crippen molar-refractivity contribution in [3.8, 4) is 11.5 Å². The van der Waals surface area contributed by atoms with Crippen LogP contribution in [0.15, 0.2) is 53.4 Å². The highest BCUT2D eigenvalue weighted by molar-refractivity contribution is 5.52. The first-order chi connectivity index (χ1) is 10.7. The van der Waals surface area contributed by atoms with Crippen LogP contribution in [0, 0.1) is 6.92 Å². The lowest BCUT2D eigenvalue weighted by atomic mass is 10.2. The molecule has 3 aromatic rings. The molecule has 114 valence electrons. The monoisotopic (exact) mass is 296 g/mol. The van der Waals surface area contributed by atoms with Crippen molar-refractivity contribution < 1.29 is 4.42 Å². The summed E-state index contributed by atoms with van der Waals surface area (Å²) in [7, 11) is 0. The summed E-state index contributed by atoms with van der Waals surface area (Å²) in [4.78, 5) is 4.51. The maximum absolute atomic E-state index is 5.54. The highest BCUT2D eigenvalue weighted by Gasteiger charge is 2.08. The second kappa shape index (κ2) is 6.58. The van der Waals surface area contributed by atoms with Gasteiger partial charge in [0.1, 0.15) is 6.26 Å². The molecule has 5 nitrogen and oxygen atoms in total. The third-order valence-electron chi connectivity index (χ3n) is 3.43. The Morgan fingerprint density at radius 3 is 2.82 bits per heavy atom. The fraction of sp³-hybridized carbons (Fsp3) is 0.294. The van der Waals surface area contributed by atoms with Crippen LogP contribution < -0.4 is 5.32 Å². The molecule has 1 aromatic carbocycles. The first-order valence-corrected chi connectivity index (χ1v) is 7.43. The Morgan fingerprint density at radius 2 is 2.09 bits per heavy atom. The molecule has 0 bridgehead atoms. The molecular formula is C17H20N4O. The second-order valence-corrected chi connectivity index (χ2v) is 5.53. The highest BCUT2D eigenvalue weighted by Crippen LogP contribution is 2.17. The van der Waals surface area contributed by atoms with E-state index in [9.17, 15) is 0 Å². The van der Waals surface area contributed by atoms with Gasteiger partial charge in [-0.2, -0.15) is 5.10 Å². The van der Waals surface area contributed by atoms with Crippen molar-refractivity contribution in [2.45, 2.75) is 33.0 Å². The summed E-state index contributed by atoms with van der Waals surface area (Å²) in [5.41, 5.74) is 3.08. The van der Waals surface area contributed by atoms with E-state index >= 15 is 0 Å². The minimum absolute atomic E-state index is 0.302. The van der Waals surface area contributed by atoms with Gasteiger partial charge in [0, 0.05) is 24.3 Å². The predicted octanol–water partition coefficient (Wildman–Crippen LogP) is 3.02. The highest BCUT2D eigenvalue weighted by atomic mass is 16.3. The van der Waals surface area contributed by atoms with Crippen LogP contribution in [-0.2, 0) is 13.1 Å². The number of hydrogen-bond donors (Lipinski definition) is 1. The Labute approximate surface area is 130 Å². The number of hydrogen-bond acceptors (Lipinski definition) is 4. The summed E-state index contributed by atoms with van der Waals surface area (Å²) in [6.45, 7) is 5.69. The maximum atomic E-state index is 5.54. The zero-order valence-corrected chi connectivity index (χ0v) is 12.9. The van der Waals surface area contributed by atoms with E-state index in [1.165, 1.54) is 5.56 Å². The number of nitrogens with one attached hydrogen (secondary N) is 1. The van der Waals surface area contributed by atoms with E-state index in [0.29, 0.717) is 18.5 Å². The predicted molar refractivity (Wildman–Crippen MR) is 85.2 cm³/mol. The van der Waals surface area contributed by atoms with Gasteiger partial charge in [-0.05, 0) is 31.5 Å². The van der Waals surface area contributed by atoms with Crippen LogP contribution in [-0.4, -0.2) is 20.8 Å². The molecule has 0 saturated heterocycles. The lowest BCUT2D eigenvalue weighted by molar-refractivity contribution is 0.448. The summed E-state index contributed by atoms with van der Waals surface area (Å²) >= 11 is 0. The third-order valence-corrected chi connectivity index (χ3v) is 3.43. The summed E-state index contributed by atoms with van der Waals surface area (Å²) in [6, 6.07) is 10.2. The van der Waals surface area contributed by atoms with E-state index in [4.69, 9.17) is 4.42 Å². The van der Waals surface area contributed by atoms with Gasteiger partial charge in [-0.1, -0.05) is 18.2 Å². The van der Waals surface area contributed by atoms with Crippen molar-refractivity contribution in [3.05, 3.63) is 60.2 Å². The van der Waals surface area contributed by atoms with Crippen LogP contribution >= 0.6 is 0 Å². The van der Waals surface area contributed by atoms with Gasteiger partial charge in [0.15, 0.2) is 0 Å². The molecule has 0 aliphatic carbocycles. The van der Waals surface area contributed by atoms with Gasteiger partial charge in [-0.3, -0.25) is 4.68 Å². The normalized spacial score (nSPS) is 12.5. The average Bonchev–Trinajstić information content (AvgIpc) is 3.15. The molecule has 0 amide bonds. The van der Waals surface area contributed by atoms with Gasteiger partial charge in [0.25, 0.3) is 0 Å². The van der Waals surface area contributed by atoms with Crippen molar-refractivity contribution in [1.29, 1.82) is 0 Å². The Balaban J connectivity index is 1.54. The van der Waals surface area contributed by atoms with E-state index < -0.39 is 0 Å². The van der Waals surface area contributed by atoms with Crippen molar-refractivity contribution in [2.75, 3.05) is 0 Å². The molecule has 22 heavy (non-hydrogen) atoms. The second-order valence-electron chi connectivity index (χ2n) is 5.53. The van der Waals surface area contributed by atoms with Gasteiger partial charge in [0.2, 0.25) is 5.89 Å². The van der Waals surface area contributed by atoms with Crippen LogP contribution in [0.25, 0.3) is 11.5 Å². The van der Waals surface area contributed by atoms with Crippen LogP contribution in [0.1, 0.15) is 18.2 Å². The molecule has 2 aromatic heterocycles. The van der Waals surface area contributed by atoms with Crippen LogP contribution in [0.4, 0.5) is 0 Å². The first-order valence-electron chi connectivity index (χ1n) is 7.43. The smallest absolute Gasteiger partial charge is 0.226 e. The number of nitrogens with zero attached hydrogens (tertiary/aromatic N) is 3. The Hall–Kier alpha value is -2.40. The topological polar surface area (TPSA) is 55.9 Å². The summed E-state index contributed by atoms with van der Waals surface area (Å²) < 4.78 is 7.49. The van der Waals surface area contributed by atoms with Crippen LogP contribution in [0.3, 0.4) is 0 Å². The third kappa shape index (κ3) is 3.62. The van der Waals surface area contributed by atoms with Crippen molar-refractivity contribution in [1.82, 2.24) is 20.1 Å². The number of aryl methyl sites for hydroxylation is 1. The number of benzene rings is 1. The molecule has 2 heterocycles. The molecule has 0 saturated carbocycles. The Bertz CT molecular complexity index is 717. The van der Waals surface area contributed by atoms with Crippen molar-refractivity contribution in [2.24, 2.45) is 0 Å². The number of oxazole rings is 1. The van der Waals surface area contributed by atoms with Gasteiger partial charge in [-0.25, -0.2) is 4.98 Å². The lowest BCUT2D eigenvalue weighted by Gasteiger charge is -2.12. The minimum atomic E-state index is 0.302. The molecule has 1 N–H and O–H groups in total. The van der Waals surface area contributed by atoms with E-state index in [0.717, 1.165) is 17.8 Å². The average molecular weight is 296 g/mol. The fourth-order valence-electron chi connectivity index (χ4n) is 2.29. The van der Waals surface area contributed by atoms with E-state index in [-0.39, 0.29) is 0 Å². The number of rotatable bonds is 6. The van der Waals surface area contributed by atoms with Gasteiger partial charge < -0.3 is 9.73 Å². The zero-order chi connectivity index (χ0) is 15.4. The lowest BCUT2D eigenvalue weighted by Crippen LogP contribution is -2.30. The summed E-state index contributed by atoms with van der Waals surface area (Å²) in [6.07, 6.45) is 5.62. The molecule has 5 heteroatoms. The number of aromatic nitrogens is 3. The fourth-order valence-corrected chi connectivity index (χ4v) is 2.29. The van der Waals surface area contributed by atoms with Gasteiger partial charge in [-0.15, -0.1) is 0 Å². The molecule has 0 radical (unpaired) electrons.